The lowest BCUT2D eigenvalue weighted by atomic mass is 10.2. The molecule has 0 aliphatic carbocycles. The first-order valence-electron chi connectivity index (χ1n) is 7.53. The van der Waals surface area contributed by atoms with Crippen LogP contribution in [-0.2, 0) is 4.79 Å². The number of carboxylic acids is 1. The topological polar surface area (TPSA) is 71.5 Å². The van der Waals surface area contributed by atoms with Gasteiger partial charge in [0.15, 0.2) is 0 Å². The molecule has 1 aromatic heterocycles. The molecule has 0 bridgehead atoms. The van der Waals surface area contributed by atoms with E-state index in [2.05, 4.69) is 10.3 Å². The van der Waals surface area contributed by atoms with Crippen LogP contribution >= 0.6 is 0 Å². The van der Waals surface area contributed by atoms with Crippen molar-refractivity contribution in [3.63, 3.8) is 0 Å². The van der Waals surface area contributed by atoms with Gasteiger partial charge in [0.2, 0.25) is 0 Å². The lowest BCUT2D eigenvalue weighted by molar-refractivity contribution is -0.134. The fourth-order valence-electron chi connectivity index (χ4n) is 3.06. The molecule has 0 saturated heterocycles. The van der Waals surface area contributed by atoms with Gasteiger partial charge >= 0.3 is 5.97 Å². The molecule has 1 rings (SSSR count). The fraction of sp³-hybridized carbons (Fsp3) is 0.625. The predicted octanol–water partition coefficient (Wildman–Crippen LogP) is 3.31. The van der Waals surface area contributed by atoms with Crippen LogP contribution < -0.4 is 15.2 Å². The molecule has 0 atom stereocenters. The molecule has 5 nitrogen and oxygen atoms in total. The van der Waals surface area contributed by atoms with Gasteiger partial charge < -0.3 is 19.3 Å². The number of hydrogen-bond donors (Lipinski definition) is 2. The van der Waals surface area contributed by atoms with Crippen LogP contribution in [-0.4, -0.2) is 38.1 Å². The maximum absolute atomic E-state index is 16.3. The van der Waals surface area contributed by atoms with Crippen molar-refractivity contribution in [1.82, 2.24) is 4.98 Å². The number of anilines is 1. The zero-order valence-corrected chi connectivity index (χ0v) is 16.0. The molecule has 0 unspecified atom stereocenters. The van der Waals surface area contributed by atoms with E-state index in [-0.39, 0.29) is 6.54 Å². The van der Waals surface area contributed by atoms with Gasteiger partial charge in [0, 0.05) is 17.4 Å². The average molecular weight is 342 g/mol. The first-order valence-corrected chi connectivity index (χ1v) is 9.41. The second-order valence-electron chi connectivity index (χ2n) is 7.68. The van der Waals surface area contributed by atoms with Gasteiger partial charge in [-0.15, -0.1) is 0 Å². The zero-order valence-electron chi connectivity index (χ0n) is 15.0. The lowest BCUT2D eigenvalue weighted by Crippen LogP contribution is -2.58. The number of halogens is 1. The third-order valence-corrected chi connectivity index (χ3v) is 9.20. The van der Waals surface area contributed by atoms with Gasteiger partial charge in [-0.3, -0.25) is 4.79 Å². The van der Waals surface area contributed by atoms with Crippen molar-refractivity contribution in [3.8, 4) is 5.75 Å². The number of hydrogen-bond acceptors (Lipinski definition) is 4. The standard InChI is InChI=1S/C16H27FN2O3Si/c1-15(2,3)23(17,16(4,5)6)12-9-18-13(8-11(12)22-7)19-10-14(20)21/h8-9H,10H2,1-7H3,(H,18,19)(H,20,21). The highest BCUT2D eigenvalue weighted by Gasteiger charge is 2.58. The Bertz CT molecular complexity index is 566. The summed E-state index contributed by atoms with van der Waals surface area (Å²) in [6, 6.07) is 1.57. The number of rotatable bonds is 5. The molecule has 0 spiro atoms. The van der Waals surface area contributed by atoms with Crippen LogP contribution in [0.2, 0.25) is 10.1 Å². The molecule has 0 saturated carbocycles. The van der Waals surface area contributed by atoms with Gasteiger partial charge in [0.25, 0.3) is 8.41 Å². The summed E-state index contributed by atoms with van der Waals surface area (Å²) in [6.07, 6.45) is 1.49. The maximum atomic E-state index is 16.3. The van der Waals surface area contributed by atoms with Crippen molar-refractivity contribution in [2.75, 3.05) is 19.0 Å². The van der Waals surface area contributed by atoms with Gasteiger partial charge in [-0.2, -0.15) is 0 Å². The minimum atomic E-state index is -3.49. The number of pyridine rings is 1. The van der Waals surface area contributed by atoms with Crippen LogP contribution in [0, 0.1) is 0 Å². The number of aliphatic carboxylic acids is 1. The molecule has 0 aliphatic heterocycles. The van der Waals surface area contributed by atoms with E-state index in [0.717, 1.165) is 0 Å². The predicted molar refractivity (Wildman–Crippen MR) is 92.8 cm³/mol. The Balaban J connectivity index is 3.42. The summed E-state index contributed by atoms with van der Waals surface area (Å²) in [5.41, 5.74) is 0. The number of nitrogens with one attached hydrogen (secondary N) is 1. The Labute approximate surface area is 138 Å². The average Bonchev–Trinajstić information content (AvgIpc) is 2.41. The minimum Gasteiger partial charge on any atom is -0.497 e. The van der Waals surface area contributed by atoms with Crippen LogP contribution in [0.3, 0.4) is 0 Å². The number of ether oxygens (including phenoxy) is 1. The molecule has 1 heterocycles. The fourth-order valence-corrected chi connectivity index (χ4v) is 7.68. The molecule has 2 N–H and O–H groups in total. The van der Waals surface area contributed by atoms with Gasteiger partial charge in [-0.1, -0.05) is 41.5 Å². The summed E-state index contributed by atoms with van der Waals surface area (Å²) in [5, 5.41) is 10.8. The summed E-state index contributed by atoms with van der Waals surface area (Å²) >= 11 is 0. The summed E-state index contributed by atoms with van der Waals surface area (Å²) in [5.74, 6) is -0.229. The van der Waals surface area contributed by atoms with Gasteiger partial charge in [0.05, 0.1) is 7.11 Å². The molecule has 0 aromatic carbocycles. The van der Waals surface area contributed by atoms with E-state index in [1.807, 2.05) is 41.5 Å². The van der Waals surface area contributed by atoms with Crippen LogP contribution in [0.4, 0.5) is 9.93 Å². The van der Waals surface area contributed by atoms with Gasteiger partial charge in [-0.25, -0.2) is 4.98 Å². The van der Waals surface area contributed by atoms with Crippen LogP contribution in [0.5, 0.6) is 5.75 Å². The van der Waals surface area contributed by atoms with E-state index in [1.54, 1.807) is 6.07 Å². The van der Waals surface area contributed by atoms with Gasteiger partial charge in [-0.05, 0) is 10.1 Å². The van der Waals surface area contributed by atoms with E-state index < -0.39 is 24.5 Å². The molecule has 130 valence electrons. The summed E-state index contributed by atoms with van der Waals surface area (Å²) < 4.78 is 21.7. The first kappa shape index (κ1) is 19.4. The Morgan fingerprint density at radius 1 is 1.30 bits per heavy atom. The van der Waals surface area contributed by atoms with Crippen molar-refractivity contribution >= 4 is 25.4 Å². The van der Waals surface area contributed by atoms with Crippen molar-refractivity contribution in [1.29, 1.82) is 0 Å². The molecule has 0 aliphatic rings. The summed E-state index contributed by atoms with van der Waals surface area (Å²) in [7, 11) is -2.01. The highest BCUT2D eigenvalue weighted by atomic mass is 28.4. The van der Waals surface area contributed by atoms with Gasteiger partial charge in [0.1, 0.15) is 18.1 Å². The molecule has 0 amide bonds. The SMILES string of the molecule is COc1cc(NCC(=O)O)ncc1[Si](F)(C(C)(C)C)C(C)(C)C. The lowest BCUT2D eigenvalue weighted by Gasteiger charge is -2.45. The number of nitrogens with zero attached hydrogens (tertiary/aromatic N) is 1. The molecule has 0 radical (unpaired) electrons. The van der Waals surface area contributed by atoms with Crippen molar-refractivity contribution < 1.29 is 18.7 Å². The number of aromatic nitrogens is 1. The number of methoxy groups -OCH3 is 1. The van der Waals surface area contributed by atoms with E-state index in [0.29, 0.717) is 16.8 Å². The normalized spacial score (nSPS) is 12.9. The Morgan fingerprint density at radius 3 is 2.22 bits per heavy atom. The molecule has 23 heavy (non-hydrogen) atoms. The molecular weight excluding hydrogens is 315 g/mol. The Kier molecular flexibility index (Phi) is 5.46. The zero-order chi connectivity index (χ0) is 18.1. The summed E-state index contributed by atoms with van der Waals surface area (Å²) in [6.45, 7) is 11.2. The monoisotopic (exact) mass is 342 g/mol. The van der Waals surface area contributed by atoms with Crippen LogP contribution in [0.25, 0.3) is 0 Å². The van der Waals surface area contributed by atoms with Crippen molar-refractivity contribution in [2.24, 2.45) is 0 Å². The Hall–Kier alpha value is -1.63. The quantitative estimate of drug-likeness (QED) is 0.634. The van der Waals surface area contributed by atoms with E-state index >= 15 is 4.11 Å². The highest BCUT2D eigenvalue weighted by molar-refractivity contribution is 6.91. The highest BCUT2D eigenvalue weighted by Crippen LogP contribution is 2.52. The van der Waals surface area contributed by atoms with Crippen molar-refractivity contribution in [3.05, 3.63) is 12.3 Å². The van der Waals surface area contributed by atoms with Crippen molar-refractivity contribution in [2.45, 2.75) is 51.6 Å². The van der Waals surface area contributed by atoms with E-state index in [4.69, 9.17) is 9.84 Å². The molecular formula is C16H27FN2O3Si. The van der Waals surface area contributed by atoms with E-state index in [9.17, 15) is 4.79 Å². The molecule has 7 heteroatoms. The summed E-state index contributed by atoms with van der Waals surface area (Å²) in [4.78, 5) is 14.8. The largest absolute Gasteiger partial charge is 0.497 e. The first-order chi connectivity index (χ1) is 10.3. The van der Waals surface area contributed by atoms with Crippen LogP contribution in [0.15, 0.2) is 12.3 Å². The second-order valence-corrected chi connectivity index (χ2v) is 12.5. The van der Waals surface area contributed by atoms with E-state index in [1.165, 1.54) is 13.3 Å². The Morgan fingerprint density at radius 2 is 1.83 bits per heavy atom. The maximum Gasteiger partial charge on any atom is 0.322 e. The number of carboxylic acid groups (broad SMARTS) is 1. The smallest absolute Gasteiger partial charge is 0.322 e. The van der Waals surface area contributed by atoms with Crippen LogP contribution in [0.1, 0.15) is 41.5 Å². The second kappa shape index (κ2) is 6.47. The number of carbonyl (C=O) groups is 1. The molecule has 1 aromatic rings. The third-order valence-electron chi connectivity index (χ3n) is 3.94. The molecule has 0 fully saturated rings. The minimum absolute atomic E-state index is 0.258. The third kappa shape index (κ3) is 3.83.